The van der Waals surface area contributed by atoms with E-state index in [0.717, 1.165) is 6.54 Å². The van der Waals surface area contributed by atoms with Gasteiger partial charge >= 0.3 is 0 Å². The van der Waals surface area contributed by atoms with Gasteiger partial charge in [-0.15, -0.1) is 0 Å². The molecular formula is C13H15ClFN3. The van der Waals surface area contributed by atoms with Crippen molar-refractivity contribution in [1.82, 2.24) is 4.90 Å². The summed E-state index contributed by atoms with van der Waals surface area (Å²) in [5.74, 6) is 0.850. The van der Waals surface area contributed by atoms with Crippen LogP contribution in [-0.2, 0) is 0 Å². The highest BCUT2D eigenvalue weighted by Crippen LogP contribution is 2.36. The van der Waals surface area contributed by atoms with E-state index in [4.69, 9.17) is 17.3 Å². The average Bonchev–Trinajstić information content (AvgIpc) is 3.09. The number of halogens is 2. The highest BCUT2D eigenvalue weighted by molar-refractivity contribution is 6.30. The number of benzene rings is 1. The van der Waals surface area contributed by atoms with Gasteiger partial charge in [0.2, 0.25) is 0 Å². The lowest BCUT2D eigenvalue weighted by molar-refractivity contribution is 0.326. The van der Waals surface area contributed by atoms with Crippen molar-refractivity contribution >= 4 is 17.6 Å². The topological polar surface area (TPSA) is 41.6 Å². The lowest BCUT2D eigenvalue weighted by Crippen LogP contribution is -2.37. The molecule has 18 heavy (non-hydrogen) atoms. The summed E-state index contributed by atoms with van der Waals surface area (Å²) in [7, 11) is 0. The van der Waals surface area contributed by atoms with E-state index >= 15 is 0 Å². The van der Waals surface area contributed by atoms with Crippen molar-refractivity contribution in [1.29, 1.82) is 0 Å². The maximum atomic E-state index is 14.1. The molecule has 0 bridgehead atoms. The first-order chi connectivity index (χ1) is 8.66. The number of hydrogen-bond acceptors (Lipinski definition) is 3. The molecule has 5 heteroatoms. The molecule has 2 aliphatic rings. The predicted molar refractivity (Wildman–Crippen MR) is 70.1 cm³/mol. The molecule has 0 aromatic heterocycles. The van der Waals surface area contributed by atoms with Crippen LogP contribution in [0.1, 0.15) is 24.4 Å². The van der Waals surface area contributed by atoms with E-state index in [0.29, 0.717) is 24.0 Å². The van der Waals surface area contributed by atoms with Gasteiger partial charge in [-0.3, -0.25) is 4.99 Å². The van der Waals surface area contributed by atoms with Crippen LogP contribution in [0.15, 0.2) is 23.2 Å². The Morgan fingerprint density at radius 2 is 2.22 bits per heavy atom. The minimum absolute atomic E-state index is 0.107. The summed E-state index contributed by atoms with van der Waals surface area (Å²) in [6, 6.07) is 4.99. The minimum atomic E-state index is -0.352. The standard InChI is InChI=1S/C13H15ClFN3/c14-10-3-1-2-9(12(10)15)11-6-17-13(16)18(11)7-8-4-5-8/h1-3,8,11H,4-7H2,(H2,16,17). The molecule has 96 valence electrons. The molecule has 1 aliphatic heterocycles. The maximum Gasteiger partial charge on any atom is 0.191 e. The Balaban J connectivity index is 1.88. The Kier molecular flexibility index (Phi) is 2.90. The lowest BCUT2D eigenvalue weighted by atomic mass is 10.1. The van der Waals surface area contributed by atoms with Gasteiger partial charge in [0.05, 0.1) is 17.6 Å². The van der Waals surface area contributed by atoms with E-state index in [1.165, 1.54) is 12.8 Å². The highest BCUT2D eigenvalue weighted by Gasteiger charge is 2.34. The summed E-state index contributed by atoms with van der Waals surface area (Å²) in [6.07, 6.45) is 2.46. The fourth-order valence-electron chi connectivity index (χ4n) is 2.37. The van der Waals surface area contributed by atoms with E-state index in [9.17, 15) is 4.39 Å². The summed E-state index contributed by atoms with van der Waals surface area (Å²) in [6.45, 7) is 1.38. The first-order valence-corrected chi connectivity index (χ1v) is 6.55. The van der Waals surface area contributed by atoms with Gasteiger partial charge in [0.15, 0.2) is 5.96 Å². The molecule has 0 saturated heterocycles. The third-order valence-electron chi connectivity index (χ3n) is 3.59. The quantitative estimate of drug-likeness (QED) is 0.915. The van der Waals surface area contributed by atoms with Crippen LogP contribution in [-0.4, -0.2) is 23.9 Å². The van der Waals surface area contributed by atoms with Crippen LogP contribution < -0.4 is 5.73 Å². The molecule has 1 fully saturated rings. The van der Waals surface area contributed by atoms with Gasteiger partial charge in [-0.2, -0.15) is 0 Å². The Morgan fingerprint density at radius 3 is 2.94 bits per heavy atom. The van der Waals surface area contributed by atoms with Crippen LogP contribution in [0.3, 0.4) is 0 Å². The van der Waals surface area contributed by atoms with Crippen molar-refractivity contribution in [2.75, 3.05) is 13.1 Å². The second-order valence-electron chi connectivity index (χ2n) is 4.95. The lowest BCUT2D eigenvalue weighted by Gasteiger charge is -2.27. The van der Waals surface area contributed by atoms with Gasteiger partial charge < -0.3 is 10.6 Å². The van der Waals surface area contributed by atoms with Crippen molar-refractivity contribution < 1.29 is 4.39 Å². The molecule has 0 radical (unpaired) electrons. The van der Waals surface area contributed by atoms with Crippen LogP contribution in [0.25, 0.3) is 0 Å². The van der Waals surface area contributed by atoms with Crippen LogP contribution in [0.4, 0.5) is 4.39 Å². The smallest absolute Gasteiger partial charge is 0.191 e. The number of nitrogens with zero attached hydrogens (tertiary/aromatic N) is 2. The molecule has 1 unspecified atom stereocenters. The number of nitrogens with two attached hydrogens (primary N) is 1. The Labute approximate surface area is 110 Å². The first-order valence-electron chi connectivity index (χ1n) is 6.17. The van der Waals surface area contributed by atoms with Gasteiger partial charge in [-0.05, 0) is 24.8 Å². The van der Waals surface area contributed by atoms with Crippen molar-refractivity contribution in [3.05, 3.63) is 34.6 Å². The molecule has 1 saturated carbocycles. The monoisotopic (exact) mass is 267 g/mol. The van der Waals surface area contributed by atoms with Crippen molar-refractivity contribution in [3.8, 4) is 0 Å². The largest absolute Gasteiger partial charge is 0.370 e. The van der Waals surface area contributed by atoms with E-state index in [1.807, 2.05) is 4.90 Å². The fraction of sp³-hybridized carbons (Fsp3) is 0.462. The van der Waals surface area contributed by atoms with E-state index in [2.05, 4.69) is 4.99 Å². The zero-order valence-corrected chi connectivity index (χ0v) is 10.7. The van der Waals surface area contributed by atoms with Crippen molar-refractivity contribution in [3.63, 3.8) is 0 Å². The Hall–Kier alpha value is -1.29. The molecule has 1 heterocycles. The number of guanidine groups is 1. The normalized spacial score (nSPS) is 23.3. The van der Waals surface area contributed by atoms with Gasteiger partial charge in [0.1, 0.15) is 5.82 Å². The SMILES string of the molecule is NC1=NCC(c2cccc(Cl)c2F)N1CC1CC1. The first kappa shape index (κ1) is 11.8. The molecule has 0 amide bonds. The summed E-state index contributed by atoms with van der Waals surface area (Å²) < 4.78 is 14.1. The maximum absolute atomic E-state index is 14.1. The Bertz CT molecular complexity index is 499. The number of aliphatic imine (C=N–C) groups is 1. The van der Waals surface area contributed by atoms with Crippen molar-refractivity contribution in [2.24, 2.45) is 16.6 Å². The molecule has 1 atom stereocenters. The van der Waals surface area contributed by atoms with Crippen LogP contribution >= 0.6 is 11.6 Å². The van der Waals surface area contributed by atoms with Gasteiger partial charge in [-0.25, -0.2) is 4.39 Å². The summed E-state index contributed by atoms with van der Waals surface area (Å²) in [5, 5.41) is 0.157. The molecule has 0 spiro atoms. The average molecular weight is 268 g/mol. The molecule has 3 rings (SSSR count). The zero-order valence-electron chi connectivity index (χ0n) is 9.94. The Morgan fingerprint density at radius 1 is 1.44 bits per heavy atom. The van der Waals surface area contributed by atoms with Gasteiger partial charge in [-0.1, -0.05) is 23.7 Å². The molecule has 1 aromatic carbocycles. The minimum Gasteiger partial charge on any atom is -0.370 e. The number of hydrogen-bond donors (Lipinski definition) is 1. The van der Waals surface area contributed by atoms with Gasteiger partial charge in [0, 0.05) is 12.1 Å². The van der Waals surface area contributed by atoms with Crippen LogP contribution in [0.2, 0.25) is 5.02 Å². The second-order valence-corrected chi connectivity index (χ2v) is 5.36. The molecule has 2 N–H and O–H groups in total. The molecule has 3 nitrogen and oxygen atoms in total. The van der Waals surface area contributed by atoms with Crippen LogP contribution in [0.5, 0.6) is 0 Å². The molecular weight excluding hydrogens is 253 g/mol. The molecule has 1 aromatic rings. The van der Waals surface area contributed by atoms with E-state index in [-0.39, 0.29) is 16.9 Å². The number of rotatable bonds is 3. The van der Waals surface area contributed by atoms with Crippen LogP contribution in [0, 0.1) is 11.7 Å². The second kappa shape index (κ2) is 4.43. The third kappa shape index (κ3) is 2.05. The fourth-order valence-corrected chi connectivity index (χ4v) is 2.55. The predicted octanol–water partition coefficient (Wildman–Crippen LogP) is 2.56. The summed E-state index contributed by atoms with van der Waals surface area (Å²) in [4.78, 5) is 6.24. The highest BCUT2D eigenvalue weighted by atomic mass is 35.5. The van der Waals surface area contributed by atoms with Gasteiger partial charge in [0.25, 0.3) is 0 Å². The molecule has 1 aliphatic carbocycles. The summed E-state index contributed by atoms with van der Waals surface area (Å²) >= 11 is 5.83. The van der Waals surface area contributed by atoms with E-state index in [1.54, 1.807) is 18.2 Å². The third-order valence-corrected chi connectivity index (χ3v) is 3.88. The zero-order chi connectivity index (χ0) is 12.7. The van der Waals surface area contributed by atoms with E-state index < -0.39 is 0 Å². The summed E-state index contributed by atoms with van der Waals surface area (Å²) in [5.41, 5.74) is 6.48. The van der Waals surface area contributed by atoms with Crippen molar-refractivity contribution in [2.45, 2.75) is 18.9 Å².